The Morgan fingerprint density at radius 3 is 1.88 bits per heavy atom. The van der Waals surface area contributed by atoms with Crippen LogP contribution in [0.15, 0.2) is 120 Å². The number of benzene rings is 5. The highest BCUT2D eigenvalue weighted by Crippen LogP contribution is 2.59. The molecule has 2 aliphatic carbocycles. The maximum absolute atomic E-state index is 3.75. The Morgan fingerprint density at radius 2 is 1.15 bits per heavy atom. The first-order valence-electron chi connectivity index (χ1n) is 11.9. The van der Waals surface area contributed by atoms with E-state index in [1.54, 1.807) is 0 Å². The molecular formula is C33H23Br. The molecule has 5 aromatic carbocycles. The molecule has 0 unspecified atom stereocenters. The van der Waals surface area contributed by atoms with Crippen molar-refractivity contribution in [3.63, 3.8) is 0 Å². The third-order valence-electron chi connectivity index (χ3n) is 7.69. The Balaban J connectivity index is 1.55. The summed E-state index contributed by atoms with van der Waals surface area (Å²) in [5.41, 5.74) is 13.6. The Hall–Kier alpha value is -3.42. The Labute approximate surface area is 209 Å². The van der Waals surface area contributed by atoms with Gasteiger partial charge in [0.15, 0.2) is 0 Å². The summed E-state index contributed by atoms with van der Waals surface area (Å²) in [7, 11) is 0. The largest absolute Gasteiger partial charge is 0.0719 e. The lowest BCUT2D eigenvalue weighted by atomic mass is 9.61. The molecule has 5 aromatic rings. The molecule has 0 atom stereocenters. The number of rotatable bonds is 2. The molecule has 0 saturated heterocycles. The van der Waals surface area contributed by atoms with Crippen LogP contribution < -0.4 is 0 Å². The van der Waals surface area contributed by atoms with Crippen molar-refractivity contribution in [1.82, 2.24) is 0 Å². The van der Waals surface area contributed by atoms with Crippen LogP contribution in [0.4, 0.5) is 0 Å². The highest BCUT2D eigenvalue weighted by molar-refractivity contribution is 9.10. The second-order valence-corrected chi connectivity index (χ2v) is 10.3. The van der Waals surface area contributed by atoms with E-state index in [2.05, 4.69) is 131 Å². The molecule has 0 saturated carbocycles. The molecule has 0 aromatic heterocycles. The first-order chi connectivity index (χ1) is 16.8. The van der Waals surface area contributed by atoms with E-state index < -0.39 is 0 Å². The third kappa shape index (κ3) is 2.71. The van der Waals surface area contributed by atoms with Crippen molar-refractivity contribution in [3.8, 4) is 11.1 Å². The maximum Gasteiger partial charge on any atom is 0.0719 e. The summed E-state index contributed by atoms with van der Waals surface area (Å²) in [6.07, 6.45) is 1.90. The summed E-state index contributed by atoms with van der Waals surface area (Å²) in [4.78, 5) is 0. The van der Waals surface area contributed by atoms with Crippen molar-refractivity contribution in [2.24, 2.45) is 0 Å². The minimum atomic E-state index is -0.276. The molecule has 1 spiro atoms. The summed E-state index contributed by atoms with van der Waals surface area (Å²) in [6, 6.07) is 42.9. The third-order valence-corrected chi connectivity index (χ3v) is 8.46. The second-order valence-electron chi connectivity index (χ2n) is 9.43. The van der Waals surface area contributed by atoms with E-state index in [-0.39, 0.29) is 5.41 Å². The fourth-order valence-corrected chi connectivity index (χ4v) is 6.73. The van der Waals surface area contributed by atoms with E-state index in [1.165, 1.54) is 60.1 Å². The molecular weight excluding hydrogens is 476 g/mol. The molecule has 0 amide bonds. The lowest BCUT2D eigenvalue weighted by Gasteiger charge is -2.40. The molecule has 2 aliphatic rings. The average molecular weight is 499 g/mol. The van der Waals surface area contributed by atoms with Crippen LogP contribution in [0.25, 0.3) is 11.1 Å². The summed E-state index contributed by atoms with van der Waals surface area (Å²) in [6.45, 7) is 0. The molecule has 0 heterocycles. The quantitative estimate of drug-likeness (QED) is 0.224. The van der Waals surface area contributed by atoms with Crippen molar-refractivity contribution >= 4 is 15.9 Å². The fourth-order valence-electron chi connectivity index (χ4n) is 6.31. The standard InChI is InChI=1S/C33H23Br/c34-32-16-8-3-11-25(32)19-22-17-18-27-26-12-4-7-15-30(26)33(31(27)20-22)28-13-5-1-9-23(28)21-24-10-2-6-14-29(24)33/h1-18,20H,19,21H2. The molecule has 0 nitrogen and oxygen atoms in total. The van der Waals surface area contributed by atoms with E-state index in [1.807, 2.05) is 0 Å². The van der Waals surface area contributed by atoms with Crippen LogP contribution in [0.5, 0.6) is 0 Å². The number of hydrogen-bond acceptors (Lipinski definition) is 0. The van der Waals surface area contributed by atoms with Crippen LogP contribution in [-0.2, 0) is 18.3 Å². The van der Waals surface area contributed by atoms with Gasteiger partial charge in [0.05, 0.1) is 5.41 Å². The first kappa shape index (κ1) is 20.0. The van der Waals surface area contributed by atoms with Crippen LogP contribution in [0, 0.1) is 0 Å². The monoisotopic (exact) mass is 498 g/mol. The lowest BCUT2D eigenvalue weighted by Crippen LogP contribution is -2.34. The first-order valence-corrected chi connectivity index (χ1v) is 12.7. The second kappa shape index (κ2) is 7.55. The molecule has 34 heavy (non-hydrogen) atoms. The van der Waals surface area contributed by atoms with Gasteiger partial charge in [0.25, 0.3) is 0 Å². The molecule has 0 fully saturated rings. The van der Waals surface area contributed by atoms with Crippen molar-refractivity contribution < 1.29 is 0 Å². The Morgan fingerprint density at radius 1 is 0.559 bits per heavy atom. The van der Waals surface area contributed by atoms with Gasteiger partial charge in [-0.3, -0.25) is 0 Å². The fraction of sp³-hybridized carbons (Fsp3) is 0.0909. The van der Waals surface area contributed by atoms with Gasteiger partial charge >= 0.3 is 0 Å². The molecule has 0 radical (unpaired) electrons. The van der Waals surface area contributed by atoms with Crippen molar-refractivity contribution in [3.05, 3.63) is 164 Å². The Bertz CT molecular complexity index is 1530. The van der Waals surface area contributed by atoms with Crippen LogP contribution in [-0.4, -0.2) is 0 Å². The summed E-state index contributed by atoms with van der Waals surface area (Å²) < 4.78 is 1.17. The summed E-state index contributed by atoms with van der Waals surface area (Å²) in [5.74, 6) is 0. The summed E-state index contributed by atoms with van der Waals surface area (Å²) in [5, 5.41) is 0. The van der Waals surface area contributed by atoms with Crippen LogP contribution >= 0.6 is 15.9 Å². The highest BCUT2D eigenvalue weighted by atomic mass is 79.9. The normalized spacial score (nSPS) is 14.3. The zero-order chi connectivity index (χ0) is 22.7. The van der Waals surface area contributed by atoms with Gasteiger partial charge in [0.2, 0.25) is 0 Å². The van der Waals surface area contributed by atoms with Gasteiger partial charge < -0.3 is 0 Å². The molecule has 1 heteroatoms. The van der Waals surface area contributed by atoms with Crippen LogP contribution in [0.3, 0.4) is 0 Å². The van der Waals surface area contributed by atoms with Crippen molar-refractivity contribution in [2.45, 2.75) is 18.3 Å². The van der Waals surface area contributed by atoms with Crippen molar-refractivity contribution in [1.29, 1.82) is 0 Å². The van der Waals surface area contributed by atoms with Crippen LogP contribution in [0.1, 0.15) is 44.5 Å². The topological polar surface area (TPSA) is 0 Å². The maximum atomic E-state index is 3.75. The van der Waals surface area contributed by atoms with Gasteiger partial charge in [-0.1, -0.05) is 125 Å². The average Bonchev–Trinajstić information content (AvgIpc) is 3.16. The molecule has 0 aliphatic heterocycles. The minimum Gasteiger partial charge on any atom is -0.0620 e. The zero-order valence-electron chi connectivity index (χ0n) is 18.8. The van der Waals surface area contributed by atoms with Gasteiger partial charge in [0.1, 0.15) is 0 Å². The van der Waals surface area contributed by atoms with Crippen LogP contribution in [0.2, 0.25) is 0 Å². The van der Waals surface area contributed by atoms with Gasteiger partial charge in [-0.25, -0.2) is 0 Å². The van der Waals surface area contributed by atoms with Crippen molar-refractivity contribution in [2.75, 3.05) is 0 Å². The van der Waals surface area contributed by atoms with Gasteiger partial charge in [-0.05, 0) is 74.5 Å². The molecule has 0 N–H and O–H groups in total. The number of halogens is 1. The lowest BCUT2D eigenvalue weighted by molar-refractivity contribution is 0.721. The smallest absolute Gasteiger partial charge is 0.0620 e. The van der Waals surface area contributed by atoms with E-state index in [4.69, 9.17) is 0 Å². The van der Waals surface area contributed by atoms with E-state index in [9.17, 15) is 0 Å². The predicted octanol–water partition coefficient (Wildman–Crippen LogP) is 8.31. The molecule has 7 rings (SSSR count). The zero-order valence-corrected chi connectivity index (χ0v) is 20.3. The summed E-state index contributed by atoms with van der Waals surface area (Å²) >= 11 is 3.75. The molecule has 162 valence electrons. The highest BCUT2D eigenvalue weighted by Gasteiger charge is 2.49. The SMILES string of the molecule is Brc1ccccc1Cc1ccc2c(c1)C1(c3ccccc3Cc3ccccc31)c1ccccc1-2. The van der Waals surface area contributed by atoms with E-state index in [0.717, 1.165) is 12.8 Å². The Kier molecular flexibility index (Phi) is 4.44. The molecule has 0 bridgehead atoms. The number of hydrogen-bond donors (Lipinski definition) is 0. The van der Waals surface area contributed by atoms with E-state index >= 15 is 0 Å². The van der Waals surface area contributed by atoms with Gasteiger partial charge in [-0.2, -0.15) is 0 Å². The van der Waals surface area contributed by atoms with Gasteiger partial charge in [0, 0.05) is 4.47 Å². The minimum absolute atomic E-state index is 0.276. The number of fused-ring (bicyclic) bond motifs is 9. The predicted molar refractivity (Wildman–Crippen MR) is 143 cm³/mol. The van der Waals surface area contributed by atoms with Gasteiger partial charge in [-0.15, -0.1) is 0 Å². The van der Waals surface area contributed by atoms with E-state index in [0.29, 0.717) is 0 Å².